The predicted octanol–water partition coefficient (Wildman–Crippen LogP) is 4.37. The van der Waals surface area contributed by atoms with Crippen LogP contribution in [0.2, 0.25) is 0 Å². The fourth-order valence-corrected chi connectivity index (χ4v) is 3.42. The topological polar surface area (TPSA) is 51.2 Å². The second-order valence-electron chi connectivity index (χ2n) is 5.25. The summed E-state index contributed by atoms with van der Waals surface area (Å²) in [5, 5.41) is 0. The molecule has 0 fully saturated rings. The molecule has 0 bridgehead atoms. The number of Topliss-reactive ketones (excluding diaryl/α,β-unsaturated/α-hetero) is 1. The molecule has 24 heavy (non-hydrogen) atoms. The van der Waals surface area contributed by atoms with Crippen molar-refractivity contribution in [3.05, 3.63) is 53.6 Å². The molecule has 2 aromatic rings. The highest BCUT2D eigenvalue weighted by Crippen LogP contribution is 2.32. The molecule has 3 nitrogen and oxygen atoms in total. The van der Waals surface area contributed by atoms with Crippen molar-refractivity contribution in [2.45, 2.75) is 24.9 Å². The first kappa shape index (κ1) is 18.2. The molecule has 0 N–H and O–H groups in total. The summed E-state index contributed by atoms with van der Waals surface area (Å²) < 4.78 is 62.2. The van der Waals surface area contributed by atoms with Gasteiger partial charge in [0.05, 0.1) is 16.2 Å². The van der Waals surface area contributed by atoms with E-state index in [-0.39, 0.29) is 22.0 Å². The number of hydrogen-bond acceptors (Lipinski definition) is 3. The van der Waals surface area contributed by atoms with E-state index in [0.717, 1.165) is 12.1 Å². The molecule has 0 aliphatic heterocycles. The summed E-state index contributed by atoms with van der Waals surface area (Å²) in [6.07, 6.45) is -4.44. The van der Waals surface area contributed by atoms with Crippen LogP contribution < -0.4 is 0 Å². The minimum absolute atomic E-state index is 0.0764. The Morgan fingerprint density at radius 3 is 2.00 bits per heavy atom. The van der Waals surface area contributed by atoms with E-state index in [2.05, 4.69) is 0 Å². The van der Waals surface area contributed by atoms with Gasteiger partial charge in [-0.05, 0) is 42.3 Å². The van der Waals surface area contributed by atoms with E-state index in [1.165, 1.54) is 44.2 Å². The SMILES string of the molecule is CCS(=O)(=O)c1cc(-c2ccc(C(F)(F)F)cc2)ccc1C(C)=O. The zero-order chi connectivity index (χ0) is 18.1. The second-order valence-corrected chi connectivity index (χ2v) is 7.49. The Hall–Kier alpha value is -2.15. The van der Waals surface area contributed by atoms with Gasteiger partial charge in [-0.25, -0.2) is 8.42 Å². The summed E-state index contributed by atoms with van der Waals surface area (Å²) in [5.41, 5.74) is 0.159. The Labute approximate surface area is 138 Å². The first-order valence-electron chi connectivity index (χ1n) is 7.11. The lowest BCUT2D eigenvalue weighted by Gasteiger charge is -2.11. The summed E-state index contributed by atoms with van der Waals surface area (Å²) in [5.74, 6) is -0.565. The summed E-state index contributed by atoms with van der Waals surface area (Å²) in [4.78, 5) is 11.5. The Kier molecular flexibility index (Phi) is 4.85. The van der Waals surface area contributed by atoms with Crippen LogP contribution in [0.3, 0.4) is 0 Å². The van der Waals surface area contributed by atoms with Crippen molar-refractivity contribution in [2.24, 2.45) is 0 Å². The quantitative estimate of drug-likeness (QED) is 0.765. The largest absolute Gasteiger partial charge is 0.416 e. The lowest BCUT2D eigenvalue weighted by molar-refractivity contribution is -0.137. The Morgan fingerprint density at radius 2 is 1.54 bits per heavy atom. The number of sulfone groups is 1. The molecule has 0 aliphatic rings. The molecule has 0 heterocycles. The van der Waals surface area contributed by atoms with Gasteiger partial charge in [-0.3, -0.25) is 4.79 Å². The maximum atomic E-state index is 12.6. The summed E-state index contributed by atoms with van der Waals surface area (Å²) in [6.45, 7) is 2.73. The van der Waals surface area contributed by atoms with Gasteiger partial charge in [-0.15, -0.1) is 0 Å². The predicted molar refractivity (Wildman–Crippen MR) is 84.6 cm³/mol. The highest BCUT2D eigenvalue weighted by atomic mass is 32.2. The molecule has 7 heteroatoms. The van der Waals surface area contributed by atoms with Crippen LogP contribution in [-0.4, -0.2) is 20.0 Å². The molecule has 0 radical (unpaired) electrons. The second kappa shape index (κ2) is 6.39. The van der Waals surface area contributed by atoms with E-state index in [9.17, 15) is 26.4 Å². The fourth-order valence-electron chi connectivity index (χ4n) is 2.26. The monoisotopic (exact) mass is 356 g/mol. The molecule has 0 saturated heterocycles. The highest BCUT2D eigenvalue weighted by Gasteiger charge is 2.30. The number of ketones is 1. The van der Waals surface area contributed by atoms with Crippen LogP contribution in [0.15, 0.2) is 47.4 Å². The number of hydrogen-bond donors (Lipinski definition) is 0. The fraction of sp³-hybridized carbons (Fsp3) is 0.235. The molecular formula is C17H15F3O3S. The normalized spacial score (nSPS) is 12.2. The molecule has 2 rings (SSSR count). The maximum absolute atomic E-state index is 12.6. The number of halogens is 3. The zero-order valence-corrected chi connectivity index (χ0v) is 13.8. The van der Waals surface area contributed by atoms with E-state index in [1.807, 2.05) is 0 Å². The molecule has 0 saturated carbocycles. The lowest BCUT2D eigenvalue weighted by Crippen LogP contribution is -2.10. The van der Waals surface area contributed by atoms with Crippen LogP contribution in [0.25, 0.3) is 11.1 Å². The van der Waals surface area contributed by atoms with Crippen molar-refractivity contribution in [2.75, 3.05) is 5.75 Å². The first-order chi connectivity index (χ1) is 11.1. The molecule has 0 atom stereocenters. The van der Waals surface area contributed by atoms with Crippen molar-refractivity contribution in [1.29, 1.82) is 0 Å². The standard InChI is InChI=1S/C17H15F3O3S/c1-3-24(22,23)16-10-13(6-9-15(16)11(2)21)12-4-7-14(8-5-12)17(18,19)20/h4-10H,3H2,1-2H3. The summed E-state index contributed by atoms with van der Waals surface area (Å²) >= 11 is 0. The highest BCUT2D eigenvalue weighted by molar-refractivity contribution is 7.91. The number of alkyl halides is 3. The van der Waals surface area contributed by atoms with E-state index in [1.54, 1.807) is 0 Å². The van der Waals surface area contributed by atoms with Crippen LogP contribution in [0, 0.1) is 0 Å². The summed E-state index contributed by atoms with van der Waals surface area (Å²) in [7, 11) is -3.64. The van der Waals surface area contributed by atoms with Crippen molar-refractivity contribution in [1.82, 2.24) is 0 Å². The van der Waals surface area contributed by atoms with Crippen LogP contribution in [-0.2, 0) is 16.0 Å². The van der Waals surface area contributed by atoms with E-state index < -0.39 is 21.6 Å². The molecular weight excluding hydrogens is 341 g/mol. The Balaban J connectivity index is 2.57. The average molecular weight is 356 g/mol. The van der Waals surface area contributed by atoms with Crippen molar-refractivity contribution < 1.29 is 26.4 Å². The smallest absolute Gasteiger partial charge is 0.294 e. The van der Waals surface area contributed by atoms with Gasteiger partial charge in [0.1, 0.15) is 0 Å². The van der Waals surface area contributed by atoms with Crippen LogP contribution in [0.1, 0.15) is 29.8 Å². The minimum atomic E-state index is -4.44. The van der Waals surface area contributed by atoms with E-state index in [4.69, 9.17) is 0 Å². The van der Waals surface area contributed by atoms with Gasteiger partial charge in [0, 0.05) is 5.56 Å². The lowest BCUT2D eigenvalue weighted by atomic mass is 10.0. The van der Waals surface area contributed by atoms with Crippen LogP contribution in [0.5, 0.6) is 0 Å². The molecule has 2 aromatic carbocycles. The number of benzene rings is 2. The molecule has 0 unspecified atom stereocenters. The third-order valence-corrected chi connectivity index (χ3v) is 5.39. The van der Waals surface area contributed by atoms with Crippen LogP contribution >= 0.6 is 0 Å². The molecule has 0 spiro atoms. The van der Waals surface area contributed by atoms with Gasteiger partial charge < -0.3 is 0 Å². The molecule has 0 amide bonds. The van der Waals surface area contributed by atoms with Crippen molar-refractivity contribution in [3.63, 3.8) is 0 Å². The van der Waals surface area contributed by atoms with Crippen LogP contribution in [0.4, 0.5) is 13.2 Å². The third kappa shape index (κ3) is 3.67. The Bertz CT molecular complexity index is 867. The minimum Gasteiger partial charge on any atom is -0.294 e. The molecule has 0 aliphatic carbocycles. The Morgan fingerprint density at radius 1 is 1.00 bits per heavy atom. The summed E-state index contributed by atoms with van der Waals surface area (Å²) in [6, 6.07) is 8.65. The van der Waals surface area contributed by atoms with Gasteiger partial charge >= 0.3 is 6.18 Å². The van der Waals surface area contributed by atoms with E-state index >= 15 is 0 Å². The number of rotatable bonds is 4. The van der Waals surface area contributed by atoms with Gasteiger partial charge in [-0.1, -0.05) is 25.1 Å². The first-order valence-corrected chi connectivity index (χ1v) is 8.77. The maximum Gasteiger partial charge on any atom is 0.416 e. The third-order valence-electron chi connectivity index (χ3n) is 3.62. The zero-order valence-electron chi connectivity index (χ0n) is 13.0. The number of carbonyl (C=O) groups is 1. The molecule has 128 valence electrons. The number of carbonyl (C=O) groups excluding carboxylic acids is 1. The van der Waals surface area contributed by atoms with Gasteiger partial charge in [0.25, 0.3) is 0 Å². The van der Waals surface area contributed by atoms with Crippen molar-refractivity contribution >= 4 is 15.6 Å². The molecule has 0 aromatic heterocycles. The van der Waals surface area contributed by atoms with E-state index in [0.29, 0.717) is 11.1 Å². The average Bonchev–Trinajstić information content (AvgIpc) is 2.53. The van der Waals surface area contributed by atoms with Crippen molar-refractivity contribution in [3.8, 4) is 11.1 Å². The van der Waals surface area contributed by atoms with Gasteiger partial charge in [0.2, 0.25) is 0 Å². The van der Waals surface area contributed by atoms with Gasteiger partial charge in [-0.2, -0.15) is 13.2 Å². The van der Waals surface area contributed by atoms with Gasteiger partial charge in [0.15, 0.2) is 15.6 Å².